The Balaban J connectivity index is 3.04. The summed E-state index contributed by atoms with van der Waals surface area (Å²) in [4.78, 5) is 0. The minimum atomic E-state index is 0.528. The molecule has 0 aliphatic carbocycles. The van der Waals surface area contributed by atoms with Crippen molar-refractivity contribution in [2.75, 3.05) is 145 Å². The molecule has 0 aromatic heterocycles. The normalized spacial score (nSPS) is 11.7. The Kier molecular flexibility index (Phi) is 50.1. The van der Waals surface area contributed by atoms with Crippen LogP contribution in [0.4, 0.5) is 0 Å². The lowest BCUT2D eigenvalue weighted by Crippen LogP contribution is -2.15. The van der Waals surface area contributed by atoms with Crippen molar-refractivity contribution in [1.29, 1.82) is 0 Å². The summed E-state index contributed by atoms with van der Waals surface area (Å²) >= 11 is 0. The highest BCUT2D eigenvalue weighted by atomic mass is 16.6. The quantitative estimate of drug-likeness (QED) is 0.0569. The largest absolute Gasteiger partial charge is 0.379 e. The second-order valence-electron chi connectivity index (χ2n) is 13.0. The summed E-state index contributed by atoms with van der Waals surface area (Å²) in [7, 11) is 0. The SMILES string of the molecule is CCCCCCCCCCCCCCCOCCOCCOCCOCCOCCOCCOCCOCCOCCOCCOCCCCCC. The molecule has 0 aliphatic rings. The van der Waals surface area contributed by atoms with E-state index in [2.05, 4.69) is 13.8 Å². The fourth-order valence-electron chi connectivity index (χ4n) is 5.15. The molecular weight excluding hydrogens is 668 g/mol. The van der Waals surface area contributed by atoms with Gasteiger partial charge in [0.15, 0.2) is 0 Å². The van der Waals surface area contributed by atoms with Crippen molar-refractivity contribution >= 4 is 0 Å². The first-order valence-corrected chi connectivity index (χ1v) is 21.3. The summed E-state index contributed by atoms with van der Waals surface area (Å²) in [5.74, 6) is 0. The standard InChI is InChI=1S/C41H84O11/c1-3-5-7-9-10-11-12-13-14-15-16-17-19-21-43-23-25-45-27-29-47-31-33-49-35-37-51-39-41-52-40-38-50-36-34-48-32-30-46-28-26-44-24-22-42-20-18-8-6-4-2/h3-41H2,1-2H3. The first-order valence-electron chi connectivity index (χ1n) is 21.3. The smallest absolute Gasteiger partial charge is 0.0701 e. The zero-order valence-corrected chi connectivity index (χ0v) is 34.1. The fraction of sp³-hybridized carbons (Fsp3) is 1.00. The van der Waals surface area contributed by atoms with Gasteiger partial charge >= 0.3 is 0 Å². The lowest BCUT2D eigenvalue weighted by molar-refractivity contribution is -0.0275. The summed E-state index contributed by atoms with van der Waals surface area (Å²) in [6, 6.07) is 0. The molecule has 0 unspecified atom stereocenters. The molecule has 0 radical (unpaired) electrons. The van der Waals surface area contributed by atoms with Crippen molar-refractivity contribution in [3.05, 3.63) is 0 Å². The highest BCUT2D eigenvalue weighted by Crippen LogP contribution is 2.12. The highest BCUT2D eigenvalue weighted by Gasteiger charge is 1.98. The monoisotopic (exact) mass is 753 g/mol. The van der Waals surface area contributed by atoms with Gasteiger partial charge in [-0.3, -0.25) is 0 Å². The number of hydrogen-bond donors (Lipinski definition) is 0. The number of rotatable bonds is 49. The van der Waals surface area contributed by atoms with Crippen molar-refractivity contribution < 1.29 is 52.1 Å². The molecule has 0 atom stereocenters. The van der Waals surface area contributed by atoms with E-state index in [1.54, 1.807) is 0 Å². The minimum Gasteiger partial charge on any atom is -0.379 e. The second kappa shape index (κ2) is 50.6. The average molecular weight is 753 g/mol. The van der Waals surface area contributed by atoms with Gasteiger partial charge in [-0.1, -0.05) is 110 Å². The van der Waals surface area contributed by atoms with Crippen LogP contribution < -0.4 is 0 Å². The Hall–Kier alpha value is -0.440. The van der Waals surface area contributed by atoms with E-state index in [4.69, 9.17) is 52.1 Å². The van der Waals surface area contributed by atoms with Gasteiger partial charge in [0.05, 0.1) is 132 Å². The zero-order valence-electron chi connectivity index (χ0n) is 34.1. The van der Waals surface area contributed by atoms with E-state index in [1.165, 1.54) is 96.3 Å². The third kappa shape index (κ3) is 49.6. The van der Waals surface area contributed by atoms with Gasteiger partial charge in [0, 0.05) is 13.2 Å². The van der Waals surface area contributed by atoms with Crippen LogP contribution in [0.25, 0.3) is 0 Å². The van der Waals surface area contributed by atoms with Gasteiger partial charge in [-0.15, -0.1) is 0 Å². The van der Waals surface area contributed by atoms with E-state index >= 15 is 0 Å². The maximum Gasteiger partial charge on any atom is 0.0701 e. The Morgan fingerprint density at radius 3 is 0.481 bits per heavy atom. The molecule has 0 fully saturated rings. The van der Waals surface area contributed by atoms with Crippen LogP contribution in [0.3, 0.4) is 0 Å². The molecule has 0 spiro atoms. The van der Waals surface area contributed by atoms with Crippen molar-refractivity contribution in [2.24, 2.45) is 0 Å². The van der Waals surface area contributed by atoms with Crippen LogP contribution in [-0.2, 0) is 52.1 Å². The van der Waals surface area contributed by atoms with E-state index < -0.39 is 0 Å². The van der Waals surface area contributed by atoms with E-state index in [0.29, 0.717) is 132 Å². The van der Waals surface area contributed by atoms with Crippen LogP contribution in [0, 0.1) is 0 Å². The molecule has 0 N–H and O–H groups in total. The molecule has 0 heterocycles. The van der Waals surface area contributed by atoms with Gasteiger partial charge in [-0.25, -0.2) is 0 Å². The molecule has 0 rings (SSSR count). The highest BCUT2D eigenvalue weighted by molar-refractivity contribution is 4.49. The number of hydrogen-bond acceptors (Lipinski definition) is 11. The lowest BCUT2D eigenvalue weighted by Gasteiger charge is -2.09. The summed E-state index contributed by atoms with van der Waals surface area (Å²) in [6.45, 7) is 17.4. The molecule has 0 aromatic carbocycles. The first kappa shape index (κ1) is 51.6. The third-order valence-corrected chi connectivity index (χ3v) is 8.25. The Morgan fingerprint density at radius 1 is 0.154 bits per heavy atom. The molecule has 0 saturated carbocycles. The average Bonchev–Trinajstić information content (AvgIpc) is 3.16. The third-order valence-electron chi connectivity index (χ3n) is 8.25. The number of unbranched alkanes of at least 4 members (excludes halogenated alkanes) is 15. The zero-order chi connectivity index (χ0) is 37.4. The first-order chi connectivity index (χ1) is 25.9. The van der Waals surface area contributed by atoms with Gasteiger partial charge in [-0.05, 0) is 12.8 Å². The van der Waals surface area contributed by atoms with Crippen LogP contribution in [-0.4, -0.2) is 145 Å². The topological polar surface area (TPSA) is 102 Å². The molecule has 0 saturated heterocycles. The van der Waals surface area contributed by atoms with Crippen molar-refractivity contribution in [3.8, 4) is 0 Å². The summed E-state index contributed by atoms with van der Waals surface area (Å²) < 4.78 is 60.9. The second-order valence-corrected chi connectivity index (χ2v) is 13.0. The predicted octanol–water partition coefficient (Wildman–Crippen LogP) is 7.84. The van der Waals surface area contributed by atoms with Crippen LogP contribution in [0.5, 0.6) is 0 Å². The van der Waals surface area contributed by atoms with Crippen molar-refractivity contribution in [1.82, 2.24) is 0 Å². The van der Waals surface area contributed by atoms with Crippen LogP contribution in [0.2, 0.25) is 0 Å². The Bertz CT molecular complexity index is 553. The summed E-state index contributed by atoms with van der Waals surface area (Å²) in [5, 5.41) is 0. The summed E-state index contributed by atoms with van der Waals surface area (Å²) in [5.41, 5.74) is 0. The molecule has 0 amide bonds. The van der Waals surface area contributed by atoms with E-state index in [9.17, 15) is 0 Å². The van der Waals surface area contributed by atoms with Crippen LogP contribution in [0.1, 0.15) is 123 Å². The van der Waals surface area contributed by atoms with Gasteiger partial charge in [0.1, 0.15) is 0 Å². The molecule has 314 valence electrons. The molecule has 0 aliphatic heterocycles. The lowest BCUT2D eigenvalue weighted by atomic mass is 10.0. The van der Waals surface area contributed by atoms with Gasteiger partial charge < -0.3 is 52.1 Å². The van der Waals surface area contributed by atoms with E-state index in [1.807, 2.05) is 0 Å². The molecular formula is C41H84O11. The van der Waals surface area contributed by atoms with Gasteiger partial charge in [-0.2, -0.15) is 0 Å². The fourth-order valence-corrected chi connectivity index (χ4v) is 5.15. The van der Waals surface area contributed by atoms with Gasteiger partial charge in [0.2, 0.25) is 0 Å². The van der Waals surface area contributed by atoms with Gasteiger partial charge in [0.25, 0.3) is 0 Å². The Labute approximate surface area is 320 Å². The minimum absolute atomic E-state index is 0.528. The predicted molar refractivity (Wildman–Crippen MR) is 209 cm³/mol. The van der Waals surface area contributed by atoms with Crippen molar-refractivity contribution in [3.63, 3.8) is 0 Å². The summed E-state index contributed by atoms with van der Waals surface area (Å²) in [6.07, 6.45) is 22.7. The van der Waals surface area contributed by atoms with E-state index in [-0.39, 0.29) is 0 Å². The van der Waals surface area contributed by atoms with E-state index in [0.717, 1.165) is 26.1 Å². The molecule has 11 nitrogen and oxygen atoms in total. The molecule has 0 bridgehead atoms. The van der Waals surface area contributed by atoms with Crippen LogP contribution >= 0.6 is 0 Å². The molecule has 0 aromatic rings. The maximum absolute atomic E-state index is 5.68. The number of ether oxygens (including phenoxy) is 11. The molecule has 11 heteroatoms. The van der Waals surface area contributed by atoms with Crippen molar-refractivity contribution in [2.45, 2.75) is 123 Å². The maximum atomic E-state index is 5.68. The van der Waals surface area contributed by atoms with Crippen LogP contribution in [0.15, 0.2) is 0 Å². The Morgan fingerprint density at radius 2 is 0.288 bits per heavy atom. The molecule has 52 heavy (non-hydrogen) atoms.